The third-order valence-corrected chi connectivity index (χ3v) is 2.38. The molecule has 1 aromatic carbocycles. The average Bonchev–Trinajstić information content (AvgIpc) is 2.52. The van der Waals surface area contributed by atoms with Gasteiger partial charge in [-0.05, 0) is 24.3 Å². The molecule has 0 heterocycles. The number of carboxylic acids is 2. The maximum Gasteiger partial charge on any atom is 0.414 e. The highest BCUT2D eigenvalue weighted by atomic mass is 35.5. The molecule has 0 aromatic heterocycles. The summed E-state index contributed by atoms with van der Waals surface area (Å²) in [6.07, 6.45) is 0. The summed E-state index contributed by atoms with van der Waals surface area (Å²) < 4.78 is 10.3. The maximum absolute atomic E-state index is 9.10. The van der Waals surface area contributed by atoms with E-state index in [4.69, 9.17) is 40.9 Å². The molecule has 0 bridgehead atoms. The maximum atomic E-state index is 9.10. The second-order valence-corrected chi connectivity index (χ2v) is 4.31. The van der Waals surface area contributed by atoms with Crippen molar-refractivity contribution in [1.29, 1.82) is 0 Å². The van der Waals surface area contributed by atoms with E-state index in [0.717, 1.165) is 12.3 Å². The quantitative estimate of drug-likeness (QED) is 0.403. The van der Waals surface area contributed by atoms with Gasteiger partial charge in [-0.1, -0.05) is 23.4 Å². The van der Waals surface area contributed by atoms with Crippen LogP contribution < -0.4 is 10.1 Å². The summed E-state index contributed by atoms with van der Waals surface area (Å²) in [4.78, 5) is 18.2. The normalized spacial score (nSPS) is 8.96. The number of carboxylic acid groups (broad SMARTS) is 2. The van der Waals surface area contributed by atoms with Crippen LogP contribution in [0.1, 0.15) is 0 Å². The van der Waals surface area contributed by atoms with Crippen LogP contribution in [0.3, 0.4) is 0 Å². The van der Waals surface area contributed by atoms with E-state index in [1.807, 2.05) is 12.1 Å². The van der Waals surface area contributed by atoms with Crippen LogP contribution in [-0.2, 0) is 14.3 Å². The Kier molecular flexibility index (Phi) is 12.1. The van der Waals surface area contributed by atoms with Crippen LogP contribution in [-0.4, -0.2) is 55.6 Å². The number of methoxy groups -OCH3 is 1. The van der Waals surface area contributed by atoms with Crippen molar-refractivity contribution in [1.82, 2.24) is 5.32 Å². The first-order chi connectivity index (χ1) is 11.0. The molecule has 0 spiro atoms. The van der Waals surface area contributed by atoms with Crippen molar-refractivity contribution in [2.45, 2.75) is 0 Å². The molecule has 126 valence electrons. The number of halogens is 1. The van der Waals surface area contributed by atoms with Crippen LogP contribution in [0.5, 0.6) is 5.75 Å². The number of aliphatic carboxylic acids is 2. The number of nitrogens with one attached hydrogen (secondary N) is 1. The first-order valence-corrected chi connectivity index (χ1v) is 6.85. The van der Waals surface area contributed by atoms with Crippen LogP contribution in [0, 0.1) is 11.8 Å². The Labute approximate surface area is 139 Å². The molecule has 0 aliphatic rings. The summed E-state index contributed by atoms with van der Waals surface area (Å²) in [6.45, 7) is 2.53. The van der Waals surface area contributed by atoms with Crippen molar-refractivity contribution in [3.63, 3.8) is 0 Å². The van der Waals surface area contributed by atoms with Gasteiger partial charge >= 0.3 is 11.9 Å². The molecular weight excluding hydrogens is 326 g/mol. The fourth-order valence-electron chi connectivity index (χ4n) is 1.09. The molecule has 0 aliphatic carbocycles. The van der Waals surface area contributed by atoms with Crippen molar-refractivity contribution in [3.05, 3.63) is 29.3 Å². The van der Waals surface area contributed by atoms with E-state index in [9.17, 15) is 0 Å². The number of carbonyl (C=O) groups is 2. The molecule has 0 atom stereocenters. The number of hydrogen-bond donors (Lipinski definition) is 3. The Morgan fingerprint density at radius 3 is 2.30 bits per heavy atom. The van der Waals surface area contributed by atoms with Gasteiger partial charge in [0.2, 0.25) is 0 Å². The molecular formula is C15H18ClNO6. The zero-order valence-corrected chi connectivity index (χ0v) is 13.3. The molecule has 0 saturated carbocycles. The zero-order chi connectivity index (χ0) is 17.5. The SMILES string of the molecule is COCCNCC#CCOc1ccc(Cl)cc1.O=C(O)C(=O)O. The van der Waals surface area contributed by atoms with Crippen LogP contribution in [0.2, 0.25) is 5.02 Å². The minimum atomic E-state index is -1.82. The Morgan fingerprint density at radius 1 is 1.17 bits per heavy atom. The second kappa shape index (κ2) is 13.4. The van der Waals surface area contributed by atoms with Crippen molar-refractivity contribution in [2.24, 2.45) is 0 Å². The number of hydrogen-bond acceptors (Lipinski definition) is 5. The number of rotatable bonds is 6. The number of ether oxygens (including phenoxy) is 2. The Hall–Kier alpha value is -2.27. The fourth-order valence-corrected chi connectivity index (χ4v) is 1.21. The van der Waals surface area contributed by atoms with Crippen LogP contribution >= 0.6 is 11.6 Å². The molecule has 8 heteroatoms. The van der Waals surface area contributed by atoms with Gasteiger partial charge in [-0.3, -0.25) is 0 Å². The van der Waals surface area contributed by atoms with Gasteiger partial charge in [-0.2, -0.15) is 0 Å². The first kappa shape index (κ1) is 20.7. The van der Waals surface area contributed by atoms with Gasteiger partial charge in [0.15, 0.2) is 0 Å². The van der Waals surface area contributed by atoms with Gasteiger partial charge in [0, 0.05) is 18.7 Å². The lowest BCUT2D eigenvalue weighted by Gasteiger charge is -2.01. The number of benzene rings is 1. The topological polar surface area (TPSA) is 105 Å². The van der Waals surface area contributed by atoms with Gasteiger partial charge in [0.05, 0.1) is 13.2 Å². The minimum absolute atomic E-state index is 0.383. The van der Waals surface area contributed by atoms with E-state index in [1.54, 1.807) is 19.2 Å². The fraction of sp³-hybridized carbons (Fsp3) is 0.333. The molecule has 23 heavy (non-hydrogen) atoms. The van der Waals surface area contributed by atoms with E-state index in [1.165, 1.54) is 0 Å². The summed E-state index contributed by atoms with van der Waals surface area (Å²) >= 11 is 5.75. The second-order valence-electron chi connectivity index (χ2n) is 3.88. The van der Waals surface area contributed by atoms with Gasteiger partial charge in [-0.15, -0.1) is 0 Å². The highest BCUT2D eigenvalue weighted by Gasteiger charge is 2.04. The Balaban J connectivity index is 0.000000688. The van der Waals surface area contributed by atoms with E-state index in [-0.39, 0.29) is 0 Å². The molecule has 0 unspecified atom stereocenters. The zero-order valence-electron chi connectivity index (χ0n) is 12.5. The lowest BCUT2D eigenvalue weighted by Crippen LogP contribution is -2.19. The molecule has 0 fully saturated rings. The molecule has 7 nitrogen and oxygen atoms in total. The summed E-state index contributed by atoms with van der Waals surface area (Å²) in [6, 6.07) is 7.22. The Morgan fingerprint density at radius 2 is 1.78 bits per heavy atom. The van der Waals surface area contributed by atoms with Gasteiger partial charge in [0.1, 0.15) is 12.4 Å². The van der Waals surface area contributed by atoms with Crippen molar-refractivity contribution >= 4 is 23.5 Å². The summed E-state index contributed by atoms with van der Waals surface area (Å²) in [5, 5.41) is 18.6. The molecule has 0 aliphatic heterocycles. The third kappa shape index (κ3) is 13.1. The summed E-state index contributed by atoms with van der Waals surface area (Å²) in [5.41, 5.74) is 0. The van der Waals surface area contributed by atoms with E-state index in [2.05, 4.69) is 17.2 Å². The lowest BCUT2D eigenvalue weighted by molar-refractivity contribution is -0.159. The minimum Gasteiger partial charge on any atom is -0.481 e. The van der Waals surface area contributed by atoms with Gasteiger partial charge in [0.25, 0.3) is 0 Å². The first-order valence-electron chi connectivity index (χ1n) is 6.47. The van der Waals surface area contributed by atoms with Crippen molar-refractivity contribution in [3.8, 4) is 17.6 Å². The largest absolute Gasteiger partial charge is 0.481 e. The van der Waals surface area contributed by atoms with Crippen LogP contribution in [0.15, 0.2) is 24.3 Å². The molecule has 0 amide bonds. The molecule has 0 radical (unpaired) electrons. The highest BCUT2D eigenvalue weighted by Crippen LogP contribution is 2.14. The highest BCUT2D eigenvalue weighted by molar-refractivity contribution is 6.30. The van der Waals surface area contributed by atoms with Gasteiger partial charge in [-0.25, -0.2) is 9.59 Å². The van der Waals surface area contributed by atoms with Gasteiger partial charge < -0.3 is 25.0 Å². The monoisotopic (exact) mass is 343 g/mol. The van der Waals surface area contributed by atoms with E-state index >= 15 is 0 Å². The molecule has 1 rings (SSSR count). The van der Waals surface area contributed by atoms with Crippen LogP contribution in [0.4, 0.5) is 0 Å². The smallest absolute Gasteiger partial charge is 0.414 e. The molecule has 0 saturated heterocycles. The Bertz CT molecular complexity index is 523. The summed E-state index contributed by atoms with van der Waals surface area (Å²) in [7, 11) is 1.67. The van der Waals surface area contributed by atoms with Crippen molar-refractivity contribution in [2.75, 3.05) is 33.4 Å². The van der Waals surface area contributed by atoms with E-state index < -0.39 is 11.9 Å². The summed E-state index contributed by atoms with van der Waals surface area (Å²) in [5.74, 6) is 3.00. The lowest BCUT2D eigenvalue weighted by atomic mass is 10.3. The van der Waals surface area contributed by atoms with Crippen LogP contribution in [0.25, 0.3) is 0 Å². The van der Waals surface area contributed by atoms with Crippen molar-refractivity contribution < 1.29 is 29.3 Å². The predicted molar refractivity (Wildman–Crippen MR) is 84.7 cm³/mol. The average molecular weight is 344 g/mol. The van der Waals surface area contributed by atoms with E-state index in [0.29, 0.717) is 24.8 Å². The standard InChI is InChI=1S/C13H16ClNO2.C2H2O4/c1-16-11-9-15-8-2-3-10-17-13-6-4-12(14)5-7-13;3-1(4)2(5)6/h4-7,15H,8-11H2,1H3;(H,3,4)(H,5,6). The predicted octanol–water partition coefficient (Wildman–Crippen LogP) is 1.11. The molecule has 1 aromatic rings. The molecule has 3 N–H and O–H groups in total. The third-order valence-electron chi connectivity index (χ3n) is 2.13.